The Bertz CT molecular complexity index is 982. The number of nitrogens with zero attached hydrogens (tertiary/aromatic N) is 3. The molecule has 1 fully saturated rings. The molecule has 0 N–H and O–H groups in total. The maximum Gasteiger partial charge on any atom is 0.229 e. The Morgan fingerprint density at radius 2 is 1.93 bits per heavy atom. The van der Waals surface area contributed by atoms with Crippen molar-refractivity contribution < 1.29 is 9.53 Å². The summed E-state index contributed by atoms with van der Waals surface area (Å²) in [4.78, 5) is 17.1. The van der Waals surface area contributed by atoms with Crippen molar-refractivity contribution in [2.75, 3.05) is 19.2 Å². The number of carbonyl (C=O) groups excluding carboxylic acids is 1. The van der Waals surface area contributed by atoms with Gasteiger partial charge >= 0.3 is 0 Å². The van der Waals surface area contributed by atoms with Gasteiger partial charge in [0.05, 0.1) is 35.8 Å². The van der Waals surface area contributed by atoms with Crippen molar-refractivity contribution in [3.05, 3.63) is 76.3 Å². The molecular weight excluding hydrogens is 394 g/mol. The molecule has 5 nitrogen and oxygen atoms in total. The second-order valence-electron chi connectivity index (χ2n) is 7.50. The number of rotatable bonds is 5. The molecule has 30 heavy (non-hydrogen) atoms. The van der Waals surface area contributed by atoms with Gasteiger partial charge in [-0.15, -0.1) is 0 Å². The number of amides is 1. The van der Waals surface area contributed by atoms with Crippen molar-refractivity contribution in [1.82, 2.24) is 9.80 Å². The highest BCUT2D eigenvalue weighted by Gasteiger charge is 2.39. The maximum absolute atomic E-state index is 13.1. The summed E-state index contributed by atoms with van der Waals surface area (Å²) in [5, 5.41) is 10.8. The minimum Gasteiger partial charge on any atom is -0.494 e. The summed E-state index contributed by atoms with van der Waals surface area (Å²) in [5.74, 6) is 1.42. The van der Waals surface area contributed by atoms with E-state index in [9.17, 15) is 10.1 Å². The van der Waals surface area contributed by atoms with E-state index in [0.717, 1.165) is 22.2 Å². The molecule has 0 spiro atoms. The van der Waals surface area contributed by atoms with Crippen LogP contribution in [0.1, 0.15) is 43.4 Å². The Hall–Kier alpha value is -2.75. The van der Waals surface area contributed by atoms with Gasteiger partial charge in [0.15, 0.2) is 0 Å². The largest absolute Gasteiger partial charge is 0.494 e. The molecule has 2 heterocycles. The standard InChI is InChI=1S/C24H25N3O2S/c1-3-29-20-11-9-19(10-12-20)21-13-23(28)27-15-26(16-30-24(27)22(21)14-25)17(2)18-7-5-4-6-8-18/h4-12,17,21H,3,13,15-16H2,1-2H3/t17-,21+/m0/s1. The third-order valence-corrected chi connectivity index (χ3v) is 6.91. The first kappa shape index (κ1) is 20.5. The van der Waals surface area contributed by atoms with Gasteiger partial charge in [-0.3, -0.25) is 14.6 Å². The number of hydrogen-bond donors (Lipinski definition) is 0. The van der Waals surface area contributed by atoms with E-state index in [4.69, 9.17) is 4.74 Å². The van der Waals surface area contributed by atoms with Gasteiger partial charge in [-0.2, -0.15) is 5.26 Å². The molecule has 2 aliphatic rings. The van der Waals surface area contributed by atoms with Crippen LogP contribution in [-0.2, 0) is 4.79 Å². The van der Waals surface area contributed by atoms with Gasteiger partial charge in [-0.1, -0.05) is 54.2 Å². The predicted molar refractivity (Wildman–Crippen MR) is 118 cm³/mol. The normalized spacial score (nSPS) is 20.5. The first-order valence-corrected chi connectivity index (χ1v) is 11.2. The molecule has 0 unspecified atom stereocenters. The zero-order chi connectivity index (χ0) is 21.1. The summed E-state index contributed by atoms with van der Waals surface area (Å²) in [6.07, 6.45) is 0.314. The molecule has 2 atom stereocenters. The van der Waals surface area contributed by atoms with Crippen LogP contribution < -0.4 is 4.74 Å². The third kappa shape index (κ3) is 3.96. The van der Waals surface area contributed by atoms with Gasteiger partial charge < -0.3 is 4.74 Å². The van der Waals surface area contributed by atoms with Crippen LogP contribution in [0.5, 0.6) is 5.75 Å². The van der Waals surface area contributed by atoms with Crippen LogP contribution in [0.25, 0.3) is 0 Å². The van der Waals surface area contributed by atoms with E-state index < -0.39 is 0 Å². The van der Waals surface area contributed by atoms with Gasteiger partial charge in [-0.05, 0) is 37.1 Å². The average molecular weight is 420 g/mol. The Labute approximate surface area is 181 Å². The average Bonchev–Trinajstić information content (AvgIpc) is 2.79. The summed E-state index contributed by atoms with van der Waals surface area (Å²) in [7, 11) is 0. The van der Waals surface area contributed by atoms with E-state index in [-0.39, 0.29) is 17.9 Å². The van der Waals surface area contributed by atoms with Crippen molar-refractivity contribution in [2.24, 2.45) is 0 Å². The van der Waals surface area contributed by atoms with E-state index in [0.29, 0.717) is 25.3 Å². The molecule has 6 heteroatoms. The first-order chi connectivity index (χ1) is 14.6. The highest BCUT2D eigenvalue weighted by atomic mass is 32.2. The fourth-order valence-electron chi connectivity index (χ4n) is 4.01. The molecule has 154 valence electrons. The molecular formula is C24H25N3O2S. The second kappa shape index (κ2) is 8.95. The highest BCUT2D eigenvalue weighted by Crippen LogP contribution is 2.43. The SMILES string of the molecule is CCOc1ccc([C@H]2CC(=O)N3CN([C@@H](C)c4ccccc4)CSC3=C2C#N)cc1. The van der Waals surface area contributed by atoms with Crippen molar-refractivity contribution in [3.63, 3.8) is 0 Å². The van der Waals surface area contributed by atoms with Crippen LogP contribution in [-0.4, -0.2) is 34.9 Å². The topological polar surface area (TPSA) is 56.6 Å². The molecule has 0 radical (unpaired) electrons. The molecule has 0 aromatic heterocycles. The van der Waals surface area contributed by atoms with E-state index in [1.807, 2.05) is 49.4 Å². The van der Waals surface area contributed by atoms with Crippen LogP contribution >= 0.6 is 11.8 Å². The molecule has 2 aromatic rings. The Morgan fingerprint density at radius 1 is 1.20 bits per heavy atom. The minimum absolute atomic E-state index is 0.0698. The first-order valence-electron chi connectivity index (χ1n) is 10.2. The molecule has 1 saturated heterocycles. The lowest BCUT2D eigenvalue weighted by atomic mass is 9.86. The maximum atomic E-state index is 13.1. The fourth-order valence-corrected chi connectivity index (χ4v) is 5.26. The number of nitriles is 1. The molecule has 1 amide bonds. The van der Waals surface area contributed by atoms with Gasteiger partial charge in [0.1, 0.15) is 5.75 Å². The lowest BCUT2D eigenvalue weighted by Gasteiger charge is -2.43. The Morgan fingerprint density at radius 3 is 2.60 bits per heavy atom. The van der Waals surface area contributed by atoms with Crippen LogP contribution in [0.2, 0.25) is 0 Å². The predicted octanol–water partition coefficient (Wildman–Crippen LogP) is 4.86. The summed E-state index contributed by atoms with van der Waals surface area (Å²) >= 11 is 1.59. The molecule has 0 bridgehead atoms. The van der Waals surface area contributed by atoms with Gasteiger partial charge in [-0.25, -0.2) is 0 Å². The van der Waals surface area contributed by atoms with E-state index in [2.05, 4.69) is 30.0 Å². The minimum atomic E-state index is -0.199. The monoisotopic (exact) mass is 419 g/mol. The smallest absolute Gasteiger partial charge is 0.229 e. The van der Waals surface area contributed by atoms with Gasteiger partial charge in [0, 0.05) is 18.4 Å². The lowest BCUT2D eigenvalue weighted by molar-refractivity contribution is -0.132. The van der Waals surface area contributed by atoms with Crippen molar-refractivity contribution in [1.29, 1.82) is 5.26 Å². The van der Waals surface area contributed by atoms with Crippen LogP contribution in [0.15, 0.2) is 65.2 Å². The third-order valence-electron chi connectivity index (χ3n) is 5.74. The van der Waals surface area contributed by atoms with Gasteiger partial charge in [0.25, 0.3) is 0 Å². The number of ether oxygens (including phenoxy) is 1. The van der Waals surface area contributed by atoms with Crippen LogP contribution in [0.3, 0.4) is 0 Å². The summed E-state index contributed by atoms with van der Waals surface area (Å²) in [6, 6.07) is 20.7. The Kier molecular flexibility index (Phi) is 6.12. The summed E-state index contributed by atoms with van der Waals surface area (Å²) in [6.45, 7) is 5.23. The number of carbonyl (C=O) groups is 1. The number of thioether (sulfide) groups is 1. The Balaban J connectivity index is 1.58. The lowest BCUT2D eigenvalue weighted by Crippen LogP contribution is -2.47. The zero-order valence-corrected chi connectivity index (χ0v) is 18.1. The highest BCUT2D eigenvalue weighted by molar-refractivity contribution is 8.03. The van der Waals surface area contributed by atoms with Crippen LogP contribution in [0, 0.1) is 11.3 Å². The van der Waals surface area contributed by atoms with E-state index in [1.54, 1.807) is 16.7 Å². The molecule has 0 saturated carbocycles. The van der Waals surface area contributed by atoms with Gasteiger partial charge in [0.2, 0.25) is 5.91 Å². The molecule has 2 aromatic carbocycles. The van der Waals surface area contributed by atoms with E-state index in [1.165, 1.54) is 5.56 Å². The van der Waals surface area contributed by atoms with Crippen molar-refractivity contribution in [2.45, 2.75) is 32.2 Å². The van der Waals surface area contributed by atoms with Crippen molar-refractivity contribution in [3.8, 4) is 11.8 Å². The molecule has 2 aliphatic heterocycles. The van der Waals surface area contributed by atoms with Crippen LogP contribution in [0.4, 0.5) is 0 Å². The van der Waals surface area contributed by atoms with E-state index >= 15 is 0 Å². The number of allylic oxidation sites excluding steroid dienone is 1. The summed E-state index contributed by atoms with van der Waals surface area (Å²) in [5.41, 5.74) is 2.90. The quantitative estimate of drug-likeness (QED) is 0.693. The second-order valence-corrected chi connectivity index (χ2v) is 8.44. The number of benzene rings is 2. The fraction of sp³-hybridized carbons (Fsp3) is 0.333. The molecule has 4 rings (SSSR count). The summed E-state index contributed by atoms with van der Waals surface area (Å²) < 4.78 is 5.52. The number of hydrogen-bond acceptors (Lipinski definition) is 5. The zero-order valence-electron chi connectivity index (χ0n) is 17.2. The van der Waals surface area contributed by atoms with Crippen molar-refractivity contribution >= 4 is 17.7 Å². The molecule has 0 aliphatic carbocycles. The number of fused-ring (bicyclic) bond motifs is 1.